The van der Waals surface area contributed by atoms with Gasteiger partial charge in [0.1, 0.15) is 0 Å². The molecular formula is C10H21Br. The van der Waals surface area contributed by atoms with Crippen molar-refractivity contribution in [3.05, 3.63) is 0 Å². The van der Waals surface area contributed by atoms with E-state index in [1.54, 1.807) is 0 Å². The van der Waals surface area contributed by atoms with E-state index in [1.807, 2.05) is 0 Å². The molecule has 0 amide bonds. The third-order valence-corrected chi connectivity index (χ3v) is 3.30. The Morgan fingerprint density at radius 2 is 1.55 bits per heavy atom. The van der Waals surface area contributed by atoms with E-state index >= 15 is 0 Å². The van der Waals surface area contributed by atoms with Crippen molar-refractivity contribution in [2.24, 2.45) is 5.41 Å². The van der Waals surface area contributed by atoms with Crippen molar-refractivity contribution in [3.63, 3.8) is 0 Å². The molecule has 0 nitrogen and oxygen atoms in total. The molecule has 0 fully saturated rings. The van der Waals surface area contributed by atoms with E-state index in [2.05, 4.69) is 36.7 Å². The van der Waals surface area contributed by atoms with Gasteiger partial charge in [0.15, 0.2) is 0 Å². The summed E-state index contributed by atoms with van der Waals surface area (Å²) in [6.45, 7) is 6.93. The van der Waals surface area contributed by atoms with Crippen LogP contribution in [0.15, 0.2) is 0 Å². The van der Waals surface area contributed by atoms with Gasteiger partial charge in [-0.05, 0) is 18.3 Å². The van der Waals surface area contributed by atoms with E-state index in [0.29, 0.717) is 5.41 Å². The van der Waals surface area contributed by atoms with Gasteiger partial charge in [-0.2, -0.15) is 0 Å². The molecule has 0 rings (SSSR count). The minimum atomic E-state index is 0.637. The van der Waals surface area contributed by atoms with Crippen LogP contribution in [0.4, 0.5) is 0 Å². The zero-order chi connectivity index (χ0) is 8.74. The zero-order valence-electron chi connectivity index (χ0n) is 8.12. The van der Waals surface area contributed by atoms with Gasteiger partial charge in [-0.15, -0.1) is 0 Å². The van der Waals surface area contributed by atoms with Crippen molar-refractivity contribution in [3.8, 4) is 0 Å². The molecule has 0 saturated heterocycles. The van der Waals surface area contributed by atoms with E-state index in [9.17, 15) is 0 Å². The quantitative estimate of drug-likeness (QED) is 0.584. The highest BCUT2D eigenvalue weighted by molar-refractivity contribution is 9.09. The molecule has 0 unspecified atom stereocenters. The van der Waals surface area contributed by atoms with Crippen LogP contribution < -0.4 is 0 Å². The molecule has 0 saturated carbocycles. The Bertz CT molecular complexity index is 76.9. The monoisotopic (exact) mass is 220 g/mol. The lowest BCUT2D eigenvalue weighted by Gasteiger charge is -2.30. The van der Waals surface area contributed by atoms with Gasteiger partial charge >= 0.3 is 0 Å². The first-order valence-electron chi connectivity index (χ1n) is 4.80. The van der Waals surface area contributed by atoms with Crippen LogP contribution in [0.1, 0.15) is 52.9 Å². The number of alkyl halides is 1. The van der Waals surface area contributed by atoms with Crippen LogP contribution in [0.2, 0.25) is 0 Å². The summed E-state index contributed by atoms with van der Waals surface area (Å²) in [6, 6.07) is 0. The van der Waals surface area contributed by atoms with Crippen LogP contribution in [-0.4, -0.2) is 5.33 Å². The van der Waals surface area contributed by atoms with Gasteiger partial charge in [0.05, 0.1) is 0 Å². The minimum absolute atomic E-state index is 0.637. The van der Waals surface area contributed by atoms with E-state index < -0.39 is 0 Å². The second kappa shape index (κ2) is 6.05. The summed E-state index contributed by atoms with van der Waals surface area (Å²) >= 11 is 3.54. The second-order valence-electron chi connectivity index (χ2n) is 3.40. The molecule has 0 aromatic rings. The van der Waals surface area contributed by atoms with Crippen molar-refractivity contribution in [1.82, 2.24) is 0 Å². The van der Waals surface area contributed by atoms with Gasteiger partial charge in [0, 0.05) is 5.33 Å². The lowest BCUT2D eigenvalue weighted by Crippen LogP contribution is -2.18. The molecule has 0 aliphatic rings. The van der Waals surface area contributed by atoms with Gasteiger partial charge in [-0.1, -0.05) is 56.0 Å². The molecular weight excluding hydrogens is 200 g/mol. The normalized spacial score (nSPS) is 12.0. The molecule has 0 heterocycles. The molecule has 68 valence electrons. The second-order valence-corrected chi connectivity index (χ2v) is 4.19. The Balaban J connectivity index is 3.96. The van der Waals surface area contributed by atoms with Crippen molar-refractivity contribution < 1.29 is 0 Å². The Morgan fingerprint density at radius 1 is 1.00 bits per heavy atom. The van der Waals surface area contributed by atoms with Gasteiger partial charge < -0.3 is 0 Å². The third kappa shape index (κ3) is 3.59. The molecule has 0 aromatic carbocycles. The Hall–Kier alpha value is 0.480. The fraction of sp³-hybridized carbons (Fsp3) is 1.00. The summed E-state index contributed by atoms with van der Waals surface area (Å²) in [6.07, 6.45) is 6.74. The molecule has 0 radical (unpaired) electrons. The fourth-order valence-electron chi connectivity index (χ4n) is 1.81. The Morgan fingerprint density at radius 3 is 1.82 bits per heavy atom. The first-order valence-corrected chi connectivity index (χ1v) is 5.92. The largest absolute Gasteiger partial charge is 0.0928 e. The SMILES string of the molecule is CCCC(CC)(CC)CCBr. The van der Waals surface area contributed by atoms with Crippen molar-refractivity contribution in [1.29, 1.82) is 0 Å². The van der Waals surface area contributed by atoms with Gasteiger partial charge in [0.25, 0.3) is 0 Å². The molecule has 11 heavy (non-hydrogen) atoms. The molecule has 0 aliphatic carbocycles. The standard InChI is InChI=1S/C10H21Br/c1-4-7-10(5-2,6-3)8-9-11/h4-9H2,1-3H3. The van der Waals surface area contributed by atoms with E-state index in [-0.39, 0.29) is 0 Å². The first-order chi connectivity index (χ1) is 5.24. The summed E-state index contributed by atoms with van der Waals surface area (Å²) < 4.78 is 0. The zero-order valence-corrected chi connectivity index (χ0v) is 9.71. The summed E-state index contributed by atoms with van der Waals surface area (Å²) in [5.74, 6) is 0. The third-order valence-electron chi connectivity index (χ3n) is 2.91. The Kier molecular flexibility index (Phi) is 6.31. The van der Waals surface area contributed by atoms with Crippen LogP contribution in [0.5, 0.6) is 0 Å². The summed E-state index contributed by atoms with van der Waals surface area (Å²) in [4.78, 5) is 0. The lowest BCUT2D eigenvalue weighted by atomic mass is 9.76. The highest BCUT2D eigenvalue weighted by atomic mass is 79.9. The van der Waals surface area contributed by atoms with Crippen molar-refractivity contribution in [2.75, 3.05) is 5.33 Å². The number of hydrogen-bond donors (Lipinski definition) is 0. The molecule has 0 spiro atoms. The van der Waals surface area contributed by atoms with E-state index in [4.69, 9.17) is 0 Å². The maximum atomic E-state index is 3.54. The smallest absolute Gasteiger partial charge is 0.00365 e. The molecule has 0 aromatic heterocycles. The summed E-state index contributed by atoms with van der Waals surface area (Å²) in [5.41, 5.74) is 0.637. The van der Waals surface area contributed by atoms with Crippen molar-refractivity contribution in [2.45, 2.75) is 52.9 Å². The highest BCUT2D eigenvalue weighted by Gasteiger charge is 2.23. The first kappa shape index (κ1) is 11.5. The maximum Gasteiger partial charge on any atom is 0.00365 e. The number of hydrogen-bond acceptors (Lipinski definition) is 0. The summed E-state index contributed by atoms with van der Waals surface area (Å²) in [5, 5.41) is 1.16. The van der Waals surface area contributed by atoms with E-state index in [0.717, 1.165) is 5.33 Å². The van der Waals surface area contributed by atoms with E-state index in [1.165, 1.54) is 32.1 Å². The van der Waals surface area contributed by atoms with Crippen LogP contribution >= 0.6 is 15.9 Å². The number of halogens is 1. The Labute approximate surface area is 79.9 Å². The topological polar surface area (TPSA) is 0 Å². The maximum absolute atomic E-state index is 3.54. The van der Waals surface area contributed by atoms with Crippen molar-refractivity contribution >= 4 is 15.9 Å². The molecule has 0 bridgehead atoms. The fourth-order valence-corrected chi connectivity index (χ4v) is 2.65. The molecule has 1 heteroatoms. The number of rotatable bonds is 6. The molecule has 0 aliphatic heterocycles. The van der Waals surface area contributed by atoms with Crippen LogP contribution in [0.3, 0.4) is 0 Å². The van der Waals surface area contributed by atoms with Crippen LogP contribution in [0.25, 0.3) is 0 Å². The highest BCUT2D eigenvalue weighted by Crippen LogP contribution is 2.36. The predicted molar refractivity (Wildman–Crippen MR) is 56.3 cm³/mol. The lowest BCUT2D eigenvalue weighted by molar-refractivity contribution is 0.229. The average Bonchev–Trinajstić information content (AvgIpc) is 2.04. The van der Waals surface area contributed by atoms with Gasteiger partial charge in [-0.25, -0.2) is 0 Å². The van der Waals surface area contributed by atoms with Gasteiger partial charge in [0.2, 0.25) is 0 Å². The predicted octanol–water partition coefficient (Wildman–Crippen LogP) is 4.38. The van der Waals surface area contributed by atoms with Crippen LogP contribution in [0, 0.1) is 5.41 Å². The van der Waals surface area contributed by atoms with Gasteiger partial charge in [-0.3, -0.25) is 0 Å². The average molecular weight is 221 g/mol. The molecule has 0 N–H and O–H groups in total. The minimum Gasteiger partial charge on any atom is -0.0928 e. The molecule has 0 atom stereocenters. The van der Waals surface area contributed by atoms with Crippen LogP contribution in [-0.2, 0) is 0 Å². The summed E-state index contributed by atoms with van der Waals surface area (Å²) in [7, 11) is 0.